The minimum absolute atomic E-state index is 0.104. The summed E-state index contributed by atoms with van der Waals surface area (Å²) >= 11 is 6.21. The second-order valence-electron chi connectivity index (χ2n) is 6.71. The third-order valence-corrected chi connectivity index (χ3v) is 5.47. The van der Waals surface area contributed by atoms with Gasteiger partial charge in [0.05, 0.1) is 0 Å². The van der Waals surface area contributed by atoms with E-state index in [0.29, 0.717) is 5.02 Å². The third kappa shape index (κ3) is 3.58. The maximum absolute atomic E-state index is 13.2. The predicted octanol–water partition coefficient (Wildman–Crippen LogP) is 4.22. The van der Waals surface area contributed by atoms with Crippen LogP contribution in [0.2, 0.25) is 5.02 Å². The van der Waals surface area contributed by atoms with Gasteiger partial charge in [-0.2, -0.15) is 0 Å². The van der Waals surface area contributed by atoms with E-state index >= 15 is 0 Å². The molecule has 4 heteroatoms. The first-order valence-corrected chi connectivity index (χ1v) is 8.14. The molecule has 0 radical (unpaired) electrons. The molecule has 0 spiro atoms. The first-order chi connectivity index (χ1) is 9.82. The molecule has 1 aliphatic heterocycles. The molecule has 2 unspecified atom stereocenters. The predicted molar refractivity (Wildman–Crippen MR) is 87.2 cm³/mol. The molecule has 2 nitrogen and oxygen atoms in total. The first kappa shape index (κ1) is 16.7. The van der Waals surface area contributed by atoms with Crippen LogP contribution >= 0.6 is 11.6 Å². The van der Waals surface area contributed by atoms with Gasteiger partial charge in [0.1, 0.15) is 5.82 Å². The van der Waals surface area contributed by atoms with E-state index in [9.17, 15) is 4.39 Å². The fourth-order valence-electron chi connectivity index (χ4n) is 2.87. The summed E-state index contributed by atoms with van der Waals surface area (Å²) in [5, 5.41) is 4.21. The lowest BCUT2D eigenvalue weighted by molar-refractivity contribution is 0.0104. The van der Waals surface area contributed by atoms with Crippen LogP contribution in [0.1, 0.15) is 46.1 Å². The Balaban J connectivity index is 2.24. The number of hydrogen-bond acceptors (Lipinski definition) is 2. The lowest BCUT2D eigenvalue weighted by Gasteiger charge is -2.52. The van der Waals surface area contributed by atoms with E-state index in [4.69, 9.17) is 11.6 Å². The zero-order valence-electron chi connectivity index (χ0n) is 13.5. The van der Waals surface area contributed by atoms with E-state index in [1.165, 1.54) is 12.1 Å². The van der Waals surface area contributed by atoms with Gasteiger partial charge in [-0.25, -0.2) is 4.39 Å². The Bertz CT molecular complexity index is 508. The van der Waals surface area contributed by atoms with Gasteiger partial charge in [-0.3, -0.25) is 4.90 Å². The molecule has 0 bridgehead atoms. The van der Waals surface area contributed by atoms with Crippen molar-refractivity contribution >= 4 is 11.6 Å². The number of hydrogen-bond donors (Lipinski definition) is 1. The molecular formula is C17H26ClFN2. The van der Waals surface area contributed by atoms with Crippen molar-refractivity contribution in [1.29, 1.82) is 0 Å². The highest BCUT2D eigenvalue weighted by Gasteiger charge is 2.40. The highest BCUT2D eigenvalue weighted by molar-refractivity contribution is 6.31. The van der Waals surface area contributed by atoms with Crippen molar-refractivity contribution < 1.29 is 4.39 Å². The minimum atomic E-state index is -0.277. The Kier molecular flexibility index (Phi) is 4.96. The quantitative estimate of drug-likeness (QED) is 0.895. The summed E-state index contributed by atoms with van der Waals surface area (Å²) in [5.74, 6) is -0.277. The van der Waals surface area contributed by atoms with Gasteiger partial charge >= 0.3 is 0 Å². The van der Waals surface area contributed by atoms with Crippen LogP contribution in [0.4, 0.5) is 4.39 Å². The summed E-state index contributed by atoms with van der Waals surface area (Å²) < 4.78 is 13.2. The summed E-state index contributed by atoms with van der Waals surface area (Å²) in [6, 6.07) is 4.70. The topological polar surface area (TPSA) is 15.3 Å². The zero-order valence-corrected chi connectivity index (χ0v) is 14.2. The van der Waals surface area contributed by atoms with Gasteiger partial charge in [-0.05, 0) is 44.4 Å². The van der Waals surface area contributed by atoms with Crippen molar-refractivity contribution in [3.63, 3.8) is 0 Å². The number of nitrogens with zero attached hydrogens (tertiary/aromatic N) is 1. The van der Waals surface area contributed by atoms with Gasteiger partial charge in [-0.1, -0.05) is 31.5 Å². The standard InChI is InChI=1S/C17H26ClFN2/c1-5-16(3)12-21(17(4,6-2)11-20-16)10-13-7-8-14(19)9-15(13)18/h7-9,20H,5-6,10-12H2,1-4H3. The first-order valence-electron chi connectivity index (χ1n) is 7.76. The molecule has 0 aromatic heterocycles. The molecule has 1 heterocycles. The maximum atomic E-state index is 13.2. The summed E-state index contributed by atoms with van der Waals surface area (Å²) in [7, 11) is 0. The molecule has 118 valence electrons. The molecule has 1 fully saturated rings. The highest BCUT2D eigenvalue weighted by Crippen LogP contribution is 2.31. The smallest absolute Gasteiger partial charge is 0.124 e. The van der Waals surface area contributed by atoms with E-state index in [-0.39, 0.29) is 16.9 Å². The van der Waals surface area contributed by atoms with Gasteiger partial charge in [-0.15, -0.1) is 0 Å². The molecule has 1 aliphatic rings. The Hall–Kier alpha value is -0.640. The summed E-state index contributed by atoms with van der Waals surface area (Å²) in [6.45, 7) is 11.7. The van der Waals surface area contributed by atoms with Crippen molar-refractivity contribution in [3.05, 3.63) is 34.6 Å². The van der Waals surface area contributed by atoms with Crippen LogP contribution in [0.15, 0.2) is 18.2 Å². The SMILES string of the molecule is CCC1(C)CN(Cc2ccc(F)cc2Cl)C(C)(CC)CN1. The molecule has 2 rings (SSSR count). The summed E-state index contributed by atoms with van der Waals surface area (Å²) in [6.07, 6.45) is 2.15. The zero-order chi connectivity index (χ0) is 15.7. The monoisotopic (exact) mass is 312 g/mol. The molecule has 0 amide bonds. The van der Waals surface area contributed by atoms with E-state index in [1.807, 2.05) is 0 Å². The lowest BCUT2D eigenvalue weighted by Crippen LogP contribution is -2.67. The van der Waals surface area contributed by atoms with Gasteiger partial charge in [0.2, 0.25) is 0 Å². The number of piperazine rings is 1. The maximum Gasteiger partial charge on any atom is 0.124 e. The normalized spacial score (nSPS) is 30.6. The molecule has 2 atom stereocenters. The van der Waals surface area contributed by atoms with Crippen LogP contribution in [0.3, 0.4) is 0 Å². The minimum Gasteiger partial charge on any atom is -0.308 e. The number of nitrogens with one attached hydrogen (secondary N) is 1. The summed E-state index contributed by atoms with van der Waals surface area (Å²) in [4.78, 5) is 2.49. The average molecular weight is 313 g/mol. The van der Waals surface area contributed by atoms with E-state index in [0.717, 1.165) is 38.0 Å². The molecular weight excluding hydrogens is 287 g/mol. The van der Waals surface area contributed by atoms with Gasteiger partial charge in [0.25, 0.3) is 0 Å². The van der Waals surface area contributed by atoms with Crippen LogP contribution in [0.5, 0.6) is 0 Å². The molecule has 1 aromatic carbocycles. The largest absolute Gasteiger partial charge is 0.308 e. The van der Waals surface area contributed by atoms with Crippen LogP contribution in [0, 0.1) is 5.82 Å². The van der Waals surface area contributed by atoms with E-state index in [1.54, 1.807) is 6.07 Å². The van der Waals surface area contributed by atoms with Crippen LogP contribution in [-0.4, -0.2) is 29.1 Å². The fourth-order valence-corrected chi connectivity index (χ4v) is 3.10. The van der Waals surface area contributed by atoms with Crippen molar-refractivity contribution in [2.24, 2.45) is 0 Å². The van der Waals surface area contributed by atoms with Crippen LogP contribution in [0.25, 0.3) is 0 Å². The van der Waals surface area contributed by atoms with Crippen molar-refractivity contribution in [2.75, 3.05) is 13.1 Å². The number of benzene rings is 1. The molecule has 1 saturated heterocycles. The Labute approximate surface area is 132 Å². The number of halogens is 2. The van der Waals surface area contributed by atoms with Crippen LogP contribution in [-0.2, 0) is 6.54 Å². The Morgan fingerprint density at radius 1 is 1.29 bits per heavy atom. The molecule has 0 aliphatic carbocycles. The van der Waals surface area contributed by atoms with Gasteiger partial charge in [0.15, 0.2) is 0 Å². The van der Waals surface area contributed by atoms with Gasteiger partial charge < -0.3 is 5.32 Å². The fraction of sp³-hybridized carbons (Fsp3) is 0.647. The molecule has 1 aromatic rings. The second kappa shape index (κ2) is 6.23. The highest BCUT2D eigenvalue weighted by atomic mass is 35.5. The molecule has 21 heavy (non-hydrogen) atoms. The molecule has 1 N–H and O–H groups in total. The summed E-state index contributed by atoms with van der Waals surface area (Å²) in [5.41, 5.74) is 1.23. The van der Waals surface area contributed by atoms with Crippen molar-refractivity contribution in [3.8, 4) is 0 Å². The second-order valence-corrected chi connectivity index (χ2v) is 7.12. The third-order valence-electron chi connectivity index (χ3n) is 5.12. The Morgan fingerprint density at radius 3 is 2.57 bits per heavy atom. The van der Waals surface area contributed by atoms with E-state index in [2.05, 4.69) is 37.9 Å². The van der Waals surface area contributed by atoms with Crippen molar-refractivity contribution in [2.45, 2.75) is 58.2 Å². The molecule has 0 saturated carbocycles. The van der Waals surface area contributed by atoms with Gasteiger partial charge in [0, 0.05) is 35.7 Å². The number of rotatable bonds is 4. The average Bonchev–Trinajstić information content (AvgIpc) is 2.46. The van der Waals surface area contributed by atoms with E-state index < -0.39 is 0 Å². The van der Waals surface area contributed by atoms with Crippen LogP contribution < -0.4 is 5.32 Å². The Morgan fingerprint density at radius 2 is 2.00 bits per heavy atom. The van der Waals surface area contributed by atoms with Crippen molar-refractivity contribution in [1.82, 2.24) is 10.2 Å². The lowest BCUT2D eigenvalue weighted by atomic mass is 9.85.